The molecule has 1 N–H and O–H groups in total. The molecule has 0 spiro atoms. The van der Waals surface area contributed by atoms with Crippen molar-refractivity contribution in [3.63, 3.8) is 0 Å². The van der Waals surface area contributed by atoms with Crippen LogP contribution >= 0.6 is 0 Å². The molecule has 0 aliphatic carbocycles. The minimum atomic E-state index is -1.12. The van der Waals surface area contributed by atoms with Gasteiger partial charge in [-0.05, 0) is 51.7 Å². The lowest BCUT2D eigenvalue weighted by atomic mass is 9.89. The highest BCUT2D eigenvalue weighted by atomic mass is 16.3. The van der Waals surface area contributed by atoms with Crippen molar-refractivity contribution in [2.24, 2.45) is 0 Å². The molecule has 1 fully saturated rings. The summed E-state index contributed by atoms with van der Waals surface area (Å²) in [6, 6.07) is 6.36. The molecule has 1 aliphatic rings. The molecule has 1 saturated heterocycles. The summed E-state index contributed by atoms with van der Waals surface area (Å²) in [5.74, 6) is 0.0491. The van der Waals surface area contributed by atoms with Gasteiger partial charge < -0.3 is 10.0 Å². The van der Waals surface area contributed by atoms with Gasteiger partial charge >= 0.3 is 0 Å². The largest absolute Gasteiger partial charge is 0.382 e. The number of likely N-dealkylation sites (tertiary alicyclic amines) is 1. The van der Waals surface area contributed by atoms with Crippen LogP contribution in [0.2, 0.25) is 0 Å². The number of nitrogens with zero attached hydrogens (tertiary/aromatic N) is 4. The molecule has 0 radical (unpaired) electrons. The first kappa shape index (κ1) is 18.6. The van der Waals surface area contributed by atoms with Crippen molar-refractivity contribution in [3.05, 3.63) is 46.8 Å². The standard InChI is InChI=1S/C20H28N4O2/c1-14(2)24-12-18(21-22-24)20(26)8-5-9-23(13-20)19(25)11-17-10-15(3)6-7-16(17)4/h6-7,10,12,14,26H,5,8-9,11,13H2,1-4H3/t20-/m1/s1. The molecule has 1 aliphatic heterocycles. The van der Waals surface area contributed by atoms with Gasteiger partial charge in [0.1, 0.15) is 11.3 Å². The summed E-state index contributed by atoms with van der Waals surface area (Å²) in [5, 5.41) is 19.4. The van der Waals surface area contributed by atoms with Crippen molar-refractivity contribution in [2.45, 2.75) is 58.6 Å². The van der Waals surface area contributed by atoms with E-state index in [0.717, 1.165) is 23.1 Å². The number of carbonyl (C=O) groups is 1. The van der Waals surface area contributed by atoms with Gasteiger partial charge in [0.15, 0.2) is 0 Å². The van der Waals surface area contributed by atoms with Gasteiger partial charge in [0.25, 0.3) is 0 Å². The molecule has 6 heteroatoms. The van der Waals surface area contributed by atoms with Gasteiger partial charge in [-0.2, -0.15) is 0 Å². The molecule has 2 heterocycles. The maximum atomic E-state index is 12.8. The highest BCUT2D eigenvalue weighted by Crippen LogP contribution is 2.31. The molecule has 1 aromatic heterocycles. The summed E-state index contributed by atoms with van der Waals surface area (Å²) in [7, 11) is 0. The predicted molar refractivity (Wildman–Crippen MR) is 99.7 cm³/mol. The second-order valence-corrected chi connectivity index (χ2v) is 7.73. The third-order valence-electron chi connectivity index (χ3n) is 5.19. The Morgan fingerprint density at radius 2 is 2.12 bits per heavy atom. The number of β-amino-alcohol motifs (C(OH)–C–C–N with tert-alkyl or cyclic N) is 1. The average molecular weight is 356 g/mol. The smallest absolute Gasteiger partial charge is 0.227 e. The number of rotatable bonds is 4. The van der Waals surface area contributed by atoms with Crippen molar-refractivity contribution in [2.75, 3.05) is 13.1 Å². The molecular formula is C20H28N4O2. The first-order valence-electron chi connectivity index (χ1n) is 9.27. The summed E-state index contributed by atoms with van der Waals surface area (Å²) in [5.41, 5.74) is 2.75. The lowest BCUT2D eigenvalue weighted by molar-refractivity contribution is -0.138. The van der Waals surface area contributed by atoms with E-state index in [9.17, 15) is 9.90 Å². The Labute approximate surface area is 154 Å². The number of piperidine rings is 1. The van der Waals surface area contributed by atoms with Gasteiger partial charge in [-0.1, -0.05) is 29.0 Å². The summed E-state index contributed by atoms with van der Waals surface area (Å²) in [6.07, 6.45) is 3.51. The van der Waals surface area contributed by atoms with E-state index in [1.54, 1.807) is 15.8 Å². The van der Waals surface area contributed by atoms with Gasteiger partial charge in [-0.15, -0.1) is 5.10 Å². The van der Waals surface area contributed by atoms with Gasteiger partial charge in [0.05, 0.1) is 19.2 Å². The maximum absolute atomic E-state index is 12.8. The van der Waals surface area contributed by atoms with Crippen LogP contribution in [-0.4, -0.2) is 44.0 Å². The number of benzene rings is 1. The summed E-state index contributed by atoms with van der Waals surface area (Å²) in [6.45, 7) is 9.04. The Kier molecular flexibility index (Phi) is 5.14. The molecular weight excluding hydrogens is 328 g/mol. The summed E-state index contributed by atoms with van der Waals surface area (Å²) < 4.78 is 1.74. The number of aryl methyl sites for hydroxylation is 2. The SMILES string of the molecule is Cc1ccc(C)c(CC(=O)N2CCC[C@](O)(c3cn(C(C)C)nn3)C2)c1. The van der Waals surface area contributed by atoms with Crippen LogP contribution in [0.5, 0.6) is 0 Å². The number of hydrogen-bond donors (Lipinski definition) is 1. The van der Waals surface area contributed by atoms with E-state index in [2.05, 4.69) is 28.5 Å². The van der Waals surface area contributed by atoms with E-state index in [1.165, 1.54) is 0 Å². The molecule has 1 aromatic carbocycles. The summed E-state index contributed by atoms with van der Waals surface area (Å²) in [4.78, 5) is 14.6. The second kappa shape index (κ2) is 7.19. The minimum absolute atomic E-state index is 0.0491. The van der Waals surface area contributed by atoms with Crippen LogP contribution in [0, 0.1) is 13.8 Å². The van der Waals surface area contributed by atoms with Gasteiger partial charge in [0, 0.05) is 12.6 Å². The third kappa shape index (κ3) is 3.80. The van der Waals surface area contributed by atoms with E-state index in [-0.39, 0.29) is 18.5 Å². The quantitative estimate of drug-likeness (QED) is 0.914. The van der Waals surface area contributed by atoms with Crippen LogP contribution < -0.4 is 0 Å². The zero-order chi connectivity index (χ0) is 18.9. The molecule has 140 valence electrons. The molecule has 1 atom stereocenters. The number of amides is 1. The fourth-order valence-corrected chi connectivity index (χ4v) is 3.47. The van der Waals surface area contributed by atoms with E-state index in [1.807, 2.05) is 27.7 Å². The molecule has 6 nitrogen and oxygen atoms in total. The van der Waals surface area contributed by atoms with Gasteiger partial charge in [-0.3, -0.25) is 4.79 Å². The van der Waals surface area contributed by atoms with Gasteiger partial charge in [0.2, 0.25) is 5.91 Å². The van der Waals surface area contributed by atoms with E-state index < -0.39 is 5.60 Å². The molecule has 1 amide bonds. The van der Waals surface area contributed by atoms with Crippen LogP contribution in [-0.2, 0) is 16.8 Å². The van der Waals surface area contributed by atoms with E-state index >= 15 is 0 Å². The predicted octanol–water partition coefficient (Wildman–Crippen LogP) is 2.53. The van der Waals surface area contributed by atoms with Crippen LogP contribution in [0.3, 0.4) is 0 Å². The van der Waals surface area contributed by atoms with Crippen molar-refractivity contribution >= 4 is 5.91 Å². The number of hydrogen-bond acceptors (Lipinski definition) is 4. The Morgan fingerprint density at radius 1 is 1.35 bits per heavy atom. The fourth-order valence-electron chi connectivity index (χ4n) is 3.47. The van der Waals surface area contributed by atoms with Crippen molar-refractivity contribution in [1.82, 2.24) is 19.9 Å². The number of aromatic nitrogens is 3. The number of carbonyl (C=O) groups excluding carboxylic acids is 1. The molecule has 26 heavy (non-hydrogen) atoms. The maximum Gasteiger partial charge on any atom is 0.227 e. The molecule has 2 aromatic rings. The normalized spacial score (nSPS) is 20.6. The van der Waals surface area contributed by atoms with E-state index in [4.69, 9.17) is 0 Å². The first-order chi connectivity index (χ1) is 12.3. The monoisotopic (exact) mass is 356 g/mol. The molecule has 0 saturated carbocycles. The topological polar surface area (TPSA) is 71.2 Å². The minimum Gasteiger partial charge on any atom is -0.382 e. The highest BCUT2D eigenvalue weighted by molar-refractivity contribution is 5.79. The Hall–Kier alpha value is -2.21. The van der Waals surface area contributed by atoms with Crippen LogP contribution in [0.15, 0.2) is 24.4 Å². The van der Waals surface area contributed by atoms with Crippen molar-refractivity contribution in [3.8, 4) is 0 Å². The van der Waals surface area contributed by atoms with Crippen LogP contribution in [0.4, 0.5) is 0 Å². The van der Waals surface area contributed by atoms with Crippen LogP contribution in [0.25, 0.3) is 0 Å². The third-order valence-corrected chi connectivity index (χ3v) is 5.19. The fraction of sp³-hybridized carbons (Fsp3) is 0.550. The summed E-state index contributed by atoms with van der Waals surface area (Å²) >= 11 is 0. The Morgan fingerprint density at radius 3 is 2.81 bits per heavy atom. The first-order valence-corrected chi connectivity index (χ1v) is 9.27. The van der Waals surface area contributed by atoms with Gasteiger partial charge in [-0.25, -0.2) is 4.68 Å². The van der Waals surface area contributed by atoms with Crippen LogP contribution in [0.1, 0.15) is 55.1 Å². The molecule has 3 rings (SSSR count). The average Bonchev–Trinajstić information content (AvgIpc) is 3.09. The van der Waals surface area contributed by atoms with E-state index in [0.29, 0.717) is 25.1 Å². The number of aliphatic hydroxyl groups is 1. The highest BCUT2D eigenvalue weighted by Gasteiger charge is 2.39. The second-order valence-electron chi connectivity index (χ2n) is 7.73. The Bertz CT molecular complexity index is 799. The zero-order valence-electron chi connectivity index (χ0n) is 16.1. The van der Waals surface area contributed by atoms with Crippen molar-refractivity contribution < 1.29 is 9.90 Å². The van der Waals surface area contributed by atoms with Crippen molar-refractivity contribution in [1.29, 1.82) is 0 Å². The Balaban J connectivity index is 1.74. The lowest BCUT2D eigenvalue weighted by Crippen LogP contribution is -2.49. The lowest BCUT2D eigenvalue weighted by Gasteiger charge is -2.38. The molecule has 0 unspecified atom stereocenters. The zero-order valence-corrected chi connectivity index (χ0v) is 16.1. The molecule has 0 bridgehead atoms.